The minimum absolute atomic E-state index is 0.144. The summed E-state index contributed by atoms with van der Waals surface area (Å²) >= 11 is 3.43. The van der Waals surface area contributed by atoms with E-state index in [-0.39, 0.29) is 18.9 Å². The number of rotatable bonds is 11. The Morgan fingerprint density at radius 3 is 2.21 bits per heavy atom. The second kappa shape index (κ2) is 13.1. The second-order valence-electron chi connectivity index (χ2n) is 9.31. The molecule has 0 radical (unpaired) electrons. The monoisotopic (exact) mass is 599 g/mol. The average molecular weight is 601 g/mol. The molecule has 3 aromatic carbocycles. The van der Waals surface area contributed by atoms with Gasteiger partial charge in [-0.3, -0.25) is 13.9 Å². The summed E-state index contributed by atoms with van der Waals surface area (Å²) in [5, 5.41) is 2.86. The van der Waals surface area contributed by atoms with Gasteiger partial charge in [0, 0.05) is 24.0 Å². The summed E-state index contributed by atoms with van der Waals surface area (Å²) in [6.45, 7) is 5.63. The van der Waals surface area contributed by atoms with Crippen LogP contribution in [0.2, 0.25) is 0 Å². The van der Waals surface area contributed by atoms with Crippen molar-refractivity contribution in [3.05, 3.63) is 99.5 Å². The molecule has 0 unspecified atom stereocenters. The van der Waals surface area contributed by atoms with Gasteiger partial charge in [0.2, 0.25) is 21.8 Å². The first-order chi connectivity index (χ1) is 18.0. The topological polar surface area (TPSA) is 86.8 Å². The molecule has 202 valence electrons. The molecule has 0 aromatic heterocycles. The highest BCUT2D eigenvalue weighted by Gasteiger charge is 2.33. The van der Waals surface area contributed by atoms with Gasteiger partial charge in [-0.05, 0) is 61.2 Å². The van der Waals surface area contributed by atoms with E-state index >= 15 is 0 Å². The second-order valence-corrected chi connectivity index (χ2v) is 12.1. The number of nitrogens with zero attached hydrogens (tertiary/aromatic N) is 2. The SMILES string of the molecule is CCNC(=O)[C@H](Cc1ccccc1)N(Cc1ccc(Br)cc1)C(=O)CN(c1cc(C)ccc1C)S(C)(=O)=O. The zero-order chi connectivity index (χ0) is 27.9. The van der Waals surface area contributed by atoms with Crippen molar-refractivity contribution in [2.24, 2.45) is 0 Å². The van der Waals surface area contributed by atoms with Crippen molar-refractivity contribution < 1.29 is 18.0 Å². The summed E-state index contributed by atoms with van der Waals surface area (Å²) in [5.74, 6) is -0.758. The predicted octanol–water partition coefficient (Wildman–Crippen LogP) is 4.61. The molecule has 7 nitrogen and oxygen atoms in total. The molecule has 3 rings (SSSR count). The quantitative estimate of drug-likeness (QED) is 0.349. The van der Waals surface area contributed by atoms with E-state index in [0.29, 0.717) is 12.2 Å². The zero-order valence-electron chi connectivity index (χ0n) is 22.1. The molecular weight excluding hydrogens is 566 g/mol. The lowest BCUT2D eigenvalue weighted by Crippen LogP contribution is -2.53. The van der Waals surface area contributed by atoms with Gasteiger partial charge in [0.15, 0.2) is 0 Å². The summed E-state index contributed by atoms with van der Waals surface area (Å²) in [6, 6.07) is 21.6. The Labute approximate surface area is 234 Å². The maximum atomic E-state index is 14.0. The third kappa shape index (κ3) is 7.91. The van der Waals surface area contributed by atoms with Crippen LogP contribution in [0.1, 0.15) is 29.2 Å². The van der Waals surface area contributed by atoms with Gasteiger partial charge in [-0.25, -0.2) is 8.42 Å². The van der Waals surface area contributed by atoms with Crippen LogP contribution in [0, 0.1) is 13.8 Å². The van der Waals surface area contributed by atoms with Gasteiger partial charge >= 0.3 is 0 Å². The Morgan fingerprint density at radius 1 is 0.947 bits per heavy atom. The van der Waals surface area contributed by atoms with Crippen molar-refractivity contribution in [1.82, 2.24) is 10.2 Å². The Balaban J connectivity index is 2.06. The lowest BCUT2D eigenvalue weighted by Gasteiger charge is -2.33. The summed E-state index contributed by atoms with van der Waals surface area (Å²) in [5.41, 5.74) is 3.77. The summed E-state index contributed by atoms with van der Waals surface area (Å²) in [7, 11) is -3.80. The maximum Gasteiger partial charge on any atom is 0.244 e. The number of halogens is 1. The van der Waals surface area contributed by atoms with Gasteiger partial charge in [-0.15, -0.1) is 0 Å². The standard InChI is InChI=1S/C29H34BrN3O4S/c1-5-31-29(35)27(18-23-9-7-6-8-10-23)32(19-24-13-15-25(30)16-14-24)28(34)20-33(38(4,36)37)26-17-21(2)11-12-22(26)3/h6-17,27H,5,18-20H2,1-4H3,(H,31,35)/t27-/m0/s1. The molecule has 0 heterocycles. The number of carbonyl (C=O) groups excluding carboxylic acids is 2. The molecule has 0 aliphatic heterocycles. The predicted molar refractivity (Wildman–Crippen MR) is 155 cm³/mol. The molecule has 0 aliphatic carbocycles. The Kier molecular flexibility index (Phi) is 10.1. The third-order valence-electron chi connectivity index (χ3n) is 6.20. The molecule has 3 aromatic rings. The van der Waals surface area contributed by atoms with Crippen LogP contribution < -0.4 is 9.62 Å². The minimum Gasteiger partial charge on any atom is -0.355 e. The Hall–Kier alpha value is -3.17. The van der Waals surface area contributed by atoms with Crippen LogP contribution in [-0.4, -0.2) is 50.5 Å². The number of likely N-dealkylation sites (N-methyl/N-ethyl adjacent to an activating group) is 1. The van der Waals surface area contributed by atoms with Crippen molar-refractivity contribution in [3.8, 4) is 0 Å². The number of nitrogens with one attached hydrogen (secondary N) is 1. The van der Waals surface area contributed by atoms with Crippen LogP contribution in [0.3, 0.4) is 0 Å². The van der Waals surface area contributed by atoms with E-state index in [2.05, 4.69) is 21.2 Å². The molecule has 0 aliphatic rings. The van der Waals surface area contributed by atoms with E-state index in [1.54, 1.807) is 6.07 Å². The fourth-order valence-corrected chi connectivity index (χ4v) is 5.38. The molecule has 1 N–H and O–H groups in total. The van der Waals surface area contributed by atoms with E-state index < -0.39 is 28.5 Å². The number of amides is 2. The normalized spacial score (nSPS) is 12.0. The maximum absolute atomic E-state index is 14.0. The first-order valence-corrected chi connectivity index (χ1v) is 15.0. The van der Waals surface area contributed by atoms with Crippen molar-refractivity contribution in [2.75, 3.05) is 23.7 Å². The first-order valence-electron chi connectivity index (χ1n) is 12.4. The van der Waals surface area contributed by atoms with E-state index in [9.17, 15) is 18.0 Å². The van der Waals surface area contributed by atoms with E-state index in [0.717, 1.165) is 37.3 Å². The lowest BCUT2D eigenvalue weighted by atomic mass is 10.0. The van der Waals surface area contributed by atoms with E-state index in [4.69, 9.17) is 0 Å². The molecule has 38 heavy (non-hydrogen) atoms. The van der Waals surface area contributed by atoms with Crippen LogP contribution in [0.4, 0.5) is 5.69 Å². The number of carbonyl (C=O) groups is 2. The largest absolute Gasteiger partial charge is 0.355 e. The smallest absolute Gasteiger partial charge is 0.244 e. The molecule has 9 heteroatoms. The summed E-state index contributed by atoms with van der Waals surface area (Å²) in [4.78, 5) is 28.8. The molecule has 0 bridgehead atoms. The minimum atomic E-state index is -3.80. The van der Waals surface area contributed by atoms with Crippen LogP contribution >= 0.6 is 15.9 Å². The van der Waals surface area contributed by atoms with Gasteiger partial charge in [-0.1, -0.05) is 70.5 Å². The number of hydrogen-bond donors (Lipinski definition) is 1. The lowest BCUT2D eigenvalue weighted by molar-refractivity contribution is -0.140. The number of aryl methyl sites for hydroxylation is 2. The molecular formula is C29H34BrN3O4S. The van der Waals surface area contributed by atoms with E-state index in [1.165, 1.54) is 4.90 Å². The van der Waals surface area contributed by atoms with Crippen molar-refractivity contribution in [2.45, 2.75) is 39.8 Å². The number of benzene rings is 3. The molecule has 0 fully saturated rings. The van der Waals surface area contributed by atoms with Gasteiger partial charge in [0.1, 0.15) is 12.6 Å². The highest BCUT2D eigenvalue weighted by Crippen LogP contribution is 2.25. The first kappa shape index (κ1) is 29.4. The fraction of sp³-hybridized carbons (Fsp3) is 0.310. The zero-order valence-corrected chi connectivity index (χ0v) is 24.6. The highest BCUT2D eigenvalue weighted by atomic mass is 79.9. The molecule has 0 saturated heterocycles. The van der Waals surface area contributed by atoms with Gasteiger partial charge < -0.3 is 10.2 Å². The molecule has 0 saturated carbocycles. The van der Waals surface area contributed by atoms with Crippen molar-refractivity contribution in [1.29, 1.82) is 0 Å². The van der Waals surface area contributed by atoms with E-state index in [1.807, 2.05) is 87.5 Å². The number of anilines is 1. The Bertz CT molecular complexity index is 1360. The van der Waals surface area contributed by atoms with Gasteiger partial charge in [0.05, 0.1) is 11.9 Å². The Morgan fingerprint density at radius 2 is 1.61 bits per heavy atom. The summed E-state index contributed by atoms with van der Waals surface area (Å²) in [6.07, 6.45) is 1.38. The van der Waals surface area contributed by atoms with Crippen LogP contribution in [-0.2, 0) is 32.6 Å². The van der Waals surface area contributed by atoms with Crippen molar-refractivity contribution >= 4 is 43.5 Å². The van der Waals surface area contributed by atoms with Crippen LogP contribution in [0.5, 0.6) is 0 Å². The number of hydrogen-bond acceptors (Lipinski definition) is 4. The van der Waals surface area contributed by atoms with Gasteiger partial charge in [-0.2, -0.15) is 0 Å². The van der Waals surface area contributed by atoms with Crippen LogP contribution in [0.25, 0.3) is 0 Å². The average Bonchev–Trinajstić information content (AvgIpc) is 2.87. The van der Waals surface area contributed by atoms with Crippen LogP contribution in [0.15, 0.2) is 77.3 Å². The molecule has 0 spiro atoms. The van der Waals surface area contributed by atoms with Gasteiger partial charge in [0.25, 0.3) is 0 Å². The molecule has 2 amide bonds. The highest BCUT2D eigenvalue weighted by molar-refractivity contribution is 9.10. The fourth-order valence-electron chi connectivity index (χ4n) is 4.22. The third-order valence-corrected chi connectivity index (χ3v) is 7.86. The molecule has 1 atom stereocenters. The van der Waals surface area contributed by atoms with Crippen molar-refractivity contribution in [3.63, 3.8) is 0 Å². The summed E-state index contributed by atoms with van der Waals surface area (Å²) < 4.78 is 27.9. The number of sulfonamides is 1.